The van der Waals surface area contributed by atoms with Crippen molar-refractivity contribution in [1.29, 1.82) is 10.5 Å². The molecule has 6 aromatic carbocycles. The van der Waals surface area contributed by atoms with Crippen LogP contribution in [-0.4, -0.2) is 38.6 Å². The van der Waals surface area contributed by atoms with Crippen LogP contribution in [-0.2, 0) is 4.74 Å². The van der Waals surface area contributed by atoms with Gasteiger partial charge < -0.3 is 18.9 Å². The van der Waals surface area contributed by atoms with Gasteiger partial charge in [0.15, 0.2) is 0 Å². The summed E-state index contributed by atoms with van der Waals surface area (Å²) in [4.78, 5) is 17.1. The zero-order chi connectivity index (χ0) is 42.3. The summed E-state index contributed by atoms with van der Waals surface area (Å²) in [6.45, 7) is 1.96. The largest absolute Gasteiger partial charge is 0.494 e. The second kappa shape index (κ2) is 23.4. The molecule has 0 spiro atoms. The van der Waals surface area contributed by atoms with Gasteiger partial charge in [-0.25, -0.2) is 4.79 Å². The van der Waals surface area contributed by atoms with Crippen molar-refractivity contribution < 1.29 is 23.7 Å². The van der Waals surface area contributed by atoms with Crippen LogP contribution in [0.15, 0.2) is 171 Å². The fraction of sp³-hybridized carbons (Fsp3) is 0.184. The lowest BCUT2D eigenvalue weighted by atomic mass is 10.2. The molecule has 0 N–H and O–H groups in total. The average molecular weight is 810 g/mol. The van der Waals surface area contributed by atoms with Gasteiger partial charge in [0.2, 0.25) is 0 Å². The molecule has 61 heavy (non-hydrogen) atoms. The molecule has 0 unspecified atom stereocenters. The highest BCUT2D eigenvalue weighted by Crippen LogP contribution is 2.24. The van der Waals surface area contributed by atoms with E-state index in [0.717, 1.165) is 54.2 Å². The molecule has 0 aliphatic carbocycles. The molecule has 6 aromatic rings. The van der Waals surface area contributed by atoms with Gasteiger partial charge in [-0.2, -0.15) is 31.0 Å². The van der Waals surface area contributed by atoms with E-state index in [4.69, 9.17) is 29.5 Å². The molecule has 304 valence electrons. The number of nitriles is 2. The van der Waals surface area contributed by atoms with Crippen LogP contribution in [0.1, 0.15) is 59.2 Å². The third kappa shape index (κ3) is 14.7. The van der Waals surface area contributed by atoms with Crippen molar-refractivity contribution in [1.82, 2.24) is 0 Å². The van der Waals surface area contributed by atoms with Gasteiger partial charge in [-0.15, -0.1) is 0 Å². The Bertz CT molecular complexity index is 2450. The fourth-order valence-electron chi connectivity index (χ4n) is 5.57. The summed E-state index contributed by atoms with van der Waals surface area (Å²) in [6, 6.07) is 47.5. The molecule has 0 radical (unpaired) electrons. The molecule has 0 fully saturated rings. The molecule has 0 bridgehead atoms. The van der Waals surface area contributed by atoms with Gasteiger partial charge in [-0.3, -0.25) is 4.99 Å². The molecule has 0 aliphatic rings. The van der Waals surface area contributed by atoms with Gasteiger partial charge in [-0.1, -0.05) is 0 Å². The van der Waals surface area contributed by atoms with E-state index in [1.54, 1.807) is 79.0 Å². The Morgan fingerprint density at radius 3 is 1.26 bits per heavy atom. The quantitative estimate of drug-likeness (QED) is 0.0302. The lowest BCUT2D eigenvalue weighted by Gasteiger charge is -2.08. The van der Waals surface area contributed by atoms with Crippen LogP contribution in [0.3, 0.4) is 0 Å². The maximum atomic E-state index is 12.5. The summed E-state index contributed by atoms with van der Waals surface area (Å²) >= 11 is 0. The summed E-state index contributed by atoms with van der Waals surface area (Å²) in [5, 5.41) is 34.6. The highest BCUT2D eigenvalue weighted by atomic mass is 16.5. The van der Waals surface area contributed by atoms with Gasteiger partial charge in [-0.05, 0) is 177 Å². The minimum atomic E-state index is -0.351. The highest BCUT2D eigenvalue weighted by Gasteiger charge is 2.07. The van der Waals surface area contributed by atoms with Gasteiger partial charge in [0.1, 0.15) is 17.2 Å². The molecular weight excluding hydrogens is 767 g/mol. The summed E-state index contributed by atoms with van der Waals surface area (Å²) in [6.07, 6.45) is 6.03. The molecule has 0 heterocycles. The molecule has 0 amide bonds. The number of carbonyl (C=O) groups is 1. The first-order valence-corrected chi connectivity index (χ1v) is 19.9. The lowest BCUT2D eigenvalue weighted by Crippen LogP contribution is -2.06. The Morgan fingerprint density at radius 2 is 0.820 bits per heavy atom. The molecule has 0 aromatic heterocycles. The number of carbonyl (C=O) groups excluding carboxylic acids is 1. The maximum absolute atomic E-state index is 12.5. The zero-order valence-corrected chi connectivity index (χ0v) is 33.5. The van der Waals surface area contributed by atoms with E-state index in [2.05, 4.69) is 37.6 Å². The van der Waals surface area contributed by atoms with E-state index in [1.807, 2.05) is 72.8 Å². The van der Waals surface area contributed by atoms with Crippen molar-refractivity contribution in [3.63, 3.8) is 0 Å². The monoisotopic (exact) mass is 809 g/mol. The topological polar surface area (TPSA) is 163 Å². The first-order chi connectivity index (χ1) is 30.0. The van der Waals surface area contributed by atoms with Crippen LogP contribution in [0, 0.1) is 22.7 Å². The number of rotatable bonds is 21. The minimum Gasteiger partial charge on any atom is -0.494 e. The number of esters is 1. The lowest BCUT2D eigenvalue weighted by molar-refractivity contribution is 0.0497. The van der Waals surface area contributed by atoms with E-state index < -0.39 is 0 Å². The van der Waals surface area contributed by atoms with E-state index in [1.165, 1.54) is 0 Å². The first-order valence-electron chi connectivity index (χ1n) is 19.9. The summed E-state index contributed by atoms with van der Waals surface area (Å²) in [7, 11) is 0. The number of ether oxygens (including phenoxy) is 4. The average Bonchev–Trinajstić information content (AvgIpc) is 3.31. The number of unbranched alkanes of at least 4 members (excludes halogenated alkanes) is 3. The predicted octanol–water partition coefficient (Wildman–Crippen LogP) is 12.7. The molecule has 0 saturated carbocycles. The Morgan fingerprint density at radius 1 is 0.443 bits per heavy atom. The number of aliphatic imine (C=N–C) groups is 1. The number of nitrogens with zero attached hydrogens (tertiary/aromatic N) is 7. The predicted molar refractivity (Wildman–Crippen MR) is 234 cm³/mol. The summed E-state index contributed by atoms with van der Waals surface area (Å²) in [5.74, 6) is 1.91. The SMILES string of the molecule is N#Cc1ccc(N=Nc2ccc(OCCCCCCOC(=O)c3ccc(N=Cc4ccc(OCCCOc5ccc(N=Nc6ccc(C#N)cc6)cc5)cc4)cc3)cc2)cc1. The maximum Gasteiger partial charge on any atom is 0.338 e. The van der Waals surface area contributed by atoms with Crippen molar-refractivity contribution in [2.45, 2.75) is 32.1 Å². The molecule has 0 aliphatic heterocycles. The van der Waals surface area contributed by atoms with Crippen LogP contribution in [0.5, 0.6) is 17.2 Å². The number of hydrogen-bond acceptors (Lipinski definition) is 12. The normalized spacial score (nSPS) is 11.0. The van der Waals surface area contributed by atoms with Crippen molar-refractivity contribution in [3.8, 4) is 29.4 Å². The third-order valence-electron chi connectivity index (χ3n) is 8.94. The Hall–Kier alpha value is -7.96. The van der Waals surface area contributed by atoms with Crippen LogP contribution >= 0.6 is 0 Å². The van der Waals surface area contributed by atoms with Crippen molar-refractivity contribution >= 4 is 40.6 Å². The number of azo groups is 2. The van der Waals surface area contributed by atoms with Crippen molar-refractivity contribution in [2.24, 2.45) is 25.4 Å². The van der Waals surface area contributed by atoms with Gasteiger partial charge in [0.05, 0.1) is 83.7 Å². The van der Waals surface area contributed by atoms with Gasteiger partial charge in [0.25, 0.3) is 0 Å². The zero-order valence-electron chi connectivity index (χ0n) is 33.5. The fourth-order valence-corrected chi connectivity index (χ4v) is 5.57. The smallest absolute Gasteiger partial charge is 0.338 e. The van der Waals surface area contributed by atoms with Gasteiger partial charge >= 0.3 is 5.97 Å². The van der Waals surface area contributed by atoms with Crippen LogP contribution in [0.25, 0.3) is 0 Å². The molecular formula is C49H43N7O5. The third-order valence-corrected chi connectivity index (χ3v) is 8.94. The standard InChI is InChI=1S/C49H43N7O5/c50-34-37-6-14-42(15-7-37)53-55-44-20-26-47(27-21-44)58-30-3-1-2-4-31-61-49(57)40-12-18-41(19-13-40)52-36-39-10-24-46(25-11-39)59-32-5-33-60-48-28-22-45(23-29-48)56-54-43-16-8-38(35-51)9-17-43/h6-29,36H,1-5,30-33H2. The Labute approximate surface area is 355 Å². The van der Waals surface area contributed by atoms with Crippen LogP contribution in [0.4, 0.5) is 28.4 Å². The molecule has 0 atom stereocenters. The van der Waals surface area contributed by atoms with Gasteiger partial charge in [0, 0.05) is 12.6 Å². The van der Waals surface area contributed by atoms with Crippen molar-refractivity contribution in [3.05, 3.63) is 168 Å². The number of hydrogen-bond donors (Lipinski definition) is 0. The van der Waals surface area contributed by atoms with E-state index in [0.29, 0.717) is 72.3 Å². The van der Waals surface area contributed by atoms with Crippen LogP contribution < -0.4 is 14.2 Å². The highest BCUT2D eigenvalue weighted by molar-refractivity contribution is 5.90. The summed E-state index contributed by atoms with van der Waals surface area (Å²) < 4.78 is 23.0. The second-order valence-electron chi connectivity index (χ2n) is 13.5. The molecule has 12 nitrogen and oxygen atoms in total. The molecule has 6 rings (SSSR count). The Kier molecular flexibility index (Phi) is 16.4. The van der Waals surface area contributed by atoms with E-state index in [9.17, 15) is 4.79 Å². The summed E-state index contributed by atoms with van der Waals surface area (Å²) in [5.41, 5.74) is 6.05. The molecule has 12 heteroatoms. The second-order valence-corrected chi connectivity index (χ2v) is 13.5. The van der Waals surface area contributed by atoms with E-state index >= 15 is 0 Å². The first kappa shape index (κ1) is 42.6. The number of benzene rings is 6. The minimum absolute atomic E-state index is 0.351. The van der Waals surface area contributed by atoms with Crippen molar-refractivity contribution in [2.75, 3.05) is 26.4 Å². The Balaban J connectivity index is 0.792. The van der Waals surface area contributed by atoms with E-state index in [-0.39, 0.29) is 5.97 Å². The molecule has 0 saturated heterocycles. The van der Waals surface area contributed by atoms with Crippen LogP contribution in [0.2, 0.25) is 0 Å².